The first-order chi connectivity index (χ1) is 17.9. The minimum atomic E-state index is -0.117. The Bertz CT molecular complexity index is 1400. The van der Waals surface area contributed by atoms with E-state index in [2.05, 4.69) is 5.32 Å². The number of methoxy groups -OCH3 is 2. The zero-order chi connectivity index (χ0) is 26.2. The molecule has 1 aromatic heterocycles. The lowest BCUT2D eigenvalue weighted by molar-refractivity contribution is -0.121. The van der Waals surface area contributed by atoms with Gasteiger partial charge in [0.25, 0.3) is 0 Å². The number of carbonyl (C=O) groups excluding carboxylic acids is 1. The molecule has 6 nitrogen and oxygen atoms in total. The second-order valence-electron chi connectivity index (χ2n) is 8.29. The van der Waals surface area contributed by atoms with Crippen LogP contribution in [0, 0.1) is 0 Å². The molecule has 0 saturated heterocycles. The van der Waals surface area contributed by atoms with E-state index < -0.39 is 0 Å². The van der Waals surface area contributed by atoms with Crippen LogP contribution in [0.5, 0.6) is 11.5 Å². The zero-order valence-electron chi connectivity index (χ0n) is 20.6. The summed E-state index contributed by atoms with van der Waals surface area (Å²) in [6.45, 7) is 0.617. The molecule has 0 spiro atoms. The van der Waals surface area contributed by atoms with E-state index in [0.29, 0.717) is 34.5 Å². The normalized spacial score (nSPS) is 11.0. The second-order valence-corrected chi connectivity index (χ2v) is 9.14. The monoisotopic (exact) mass is 535 g/mol. The van der Waals surface area contributed by atoms with Crippen LogP contribution >= 0.6 is 23.2 Å². The Balaban J connectivity index is 1.51. The van der Waals surface area contributed by atoms with Crippen LogP contribution in [-0.2, 0) is 17.8 Å². The molecule has 3 aromatic carbocycles. The maximum atomic E-state index is 12.8. The van der Waals surface area contributed by atoms with Gasteiger partial charge in [0.1, 0.15) is 23.9 Å². The second kappa shape index (κ2) is 12.5. The highest BCUT2D eigenvalue weighted by Crippen LogP contribution is 2.30. The van der Waals surface area contributed by atoms with Gasteiger partial charge in [-0.25, -0.2) is 4.98 Å². The molecule has 0 saturated carbocycles. The topological polar surface area (TPSA) is 65.4 Å². The van der Waals surface area contributed by atoms with Crippen LogP contribution in [0.15, 0.2) is 72.9 Å². The standard InChI is InChI=1S/C29H27Cl2N3O3/c1-36-23-10-6-20(7-11-23)8-13-28-33-27(25-12-9-22(30)17-26(25)31)18-34(28)19-29(35)32-15-14-21-4-3-5-24(16-21)37-2/h3-13,16-18H,14-15,19H2,1-2H3,(H,32,35)/b13-8+. The van der Waals surface area contributed by atoms with Gasteiger partial charge in [-0.05, 0) is 66.1 Å². The third-order valence-corrected chi connectivity index (χ3v) is 6.29. The van der Waals surface area contributed by atoms with Crippen molar-refractivity contribution >= 4 is 41.3 Å². The fourth-order valence-corrected chi connectivity index (χ4v) is 4.29. The number of nitrogens with zero attached hydrogens (tertiary/aromatic N) is 2. The predicted octanol–water partition coefficient (Wildman–Crippen LogP) is 6.40. The van der Waals surface area contributed by atoms with Gasteiger partial charge in [0, 0.05) is 23.3 Å². The van der Waals surface area contributed by atoms with Crippen molar-refractivity contribution in [3.05, 3.63) is 99.9 Å². The summed E-state index contributed by atoms with van der Waals surface area (Å²) in [7, 11) is 3.27. The SMILES string of the molecule is COc1ccc(/C=C/c2nc(-c3ccc(Cl)cc3Cl)cn2CC(=O)NCCc2cccc(OC)c2)cc1. The van der Waals surface area contributed by atoms with Crippen LogP contribution in [0.25, 0.3) is 23.4 Å². The van der Waals surface area contributed by atoms with Gasteiger partial charge in [0.05, 0.1) is 24.9 Å². The summed E-state index contributed by atoms with van der Waals surface area (Å²) in [6, 6.07) is 20.7. The van der Waals surface area contributed by atoms with Gasteiger partial charge in [0.15, 0.2) is 0 Å². The molecule has 0 bridgehead atoms. The maximum absolute atomic E-state index is 12.8. The van der Waals surface area contributed by atoms with Crippen LogP contribution < -0.4 is 14.8 Å². The van der Waals surface area contributed by atoms with Gasteiger partial charge >= 0.3 is 0 Å². The Labute approximate surface area is 226 Å². The number of nitrogens with one attached hydrogen (secondary N) is 1. The van der Waals surface area contributed by atoms with Crippen molar-refractivity contribution in [3.8, 4) is 22.8 Å². The predicted molar refractivity (Wildman–Crippen MR) is 149 cm³/mol. The lowest BCUT2D eigenvalue weighted by Gasteiger charge is -2.08. The first-order valence-electron chi connectivity index (χ1n) is 11.7. The molecule has 1 N–H and O–H groups in total. The largest absolute Gasteiger partial charge is 0.497 e. The van der Waals surface area contributed by atoms with Crippen LogP contribution in [0.4, 0.5) is 0 Å². The van der Waals surface area contributed by atoms with Crippen molar-refractivity contribution in [1.29, 1.82) is 0 Å². The molecule has 1 heterocycles. The number of rotatable bonds is 10. The molecule has 8 heteroatoms. The number of carbonyl (C=O) groups is 1. The number of amides is 1. The Morgan fingerprint density at radius 2 is 1.76 bits per heavy atom. The number of halogens is 2. The van der Waals surface area contributed by atoms with E-state index in [-0.39, 0.29) is 12.5 Å². The van der Waals surface area contributed by atoms with Crippen molar-refractivity contribution in [3.63, 3.8) is 0 Å². The Morgan fingerprint density at radius 1 is 0.973 bits per heavy atom. The quantitative estimate of drug-likeness (QED) is 0.255. The fraction of sp³-hybridized carbons (Fsp3) is 0.172. The van der Waals surface area contributed by atoms with Crippen molar-refractivity contribution in [2.75, 3.05) is 20.8 Å². The summed E-state index contributed by atoms with van der Waals surface area (Å²) in [5, 5.41) is 4.02. The van der Waals surface area contributed by atoms with Gasteiger partial charge in [-0.2, -0.15) is 0 Å². The van der Waals surface area contributed by atoms with Crippen molar-refractivity contribution in [1.82, 2.24) is 14.9 Å². The smallest absolute Gasteiger partial charge is 0.240 e. The molecular weight excluding hydrogens is 509 g/mol. The van der Waals surface area contributed by atoms with E-state index in [9.17, 15) is 4.79 Å². The number of aromatic nitrogens is 2. The molecule has 0 fully saturated rings. The van der Waals surface area contributed by atoms with Crippen LogP contribution in [0.1, 0.15) is 17.0 Å². The average Bonchev–Trinajstić information content (AvgIpc) is 3.29. The lowest BCUT2D eigenvalue weighted by Crippen LogP contribution is -2.29. The molecular formula is C29H27Cl2N3O3. The van der Waals surface area contributed by atoms with Gasteiger partial charge in [-0.3, -0.25) is 4.79 Å². The highest BCUT2D eigenvalue weighted by molar-refractivity contribution is 6.36. The van der Waals surface area contributed by atoms with Gasteiger partial charge < -0.3 is 19.4 Å². The highest BCUT2D eigenvalue weighted by Gasteiger charge is 2.13. The third-order valence-electron chi connectivity index (χ3n) is 5.74. The summed E-state index contributed by atoms with van der Waals surface area (Å²) >= 11 is 12.5. The van der Waals surface area contributed by atoms with Crippen LogP contribution in [0.2, 0.25) is 10.0 Å². The maximum Gasteiger partial charge on any atom is 0.240 e. The minimum absolute atomic E-state index is 0.110. The molecule has 190 valence electrons. The van der Waals surface area contributed by atoms with Crippen molar-refractivity contribution in [2.45, 2.75) is 13.0 Å². The molecule has 37 heavy (non-hydrogen) atoms. The van der Waals surface area contributed by atoms with Gasteiger partial charge in [-0.15, -0.1) is 0 Å². The van der Waals surface area contributed by atoms with Crippen LogP contribution in [-0.4, -0.2) is 36.2 Å². The molecule has 0 aliphatic rings. The molecule has 0 radical (unpaired) electrons. The molecule has 1 amide bonds. The number of hydrogen-bond acceptors (Lipinski definition) is 4. The molecule has 4 aromatic rings. The van der Waals surface area contributed by atoms with E-state index in [1.54, 1.807) is 30.9 Å². The van der Waals surface area contributed by atoms with E-state index in [1.807, 2.05) is 72.9 Å². The van der Waals surface area contributed by atoms with E-state index in [4.69, 9.17) is 37.7 Å². The molecule has 0 aliphatic heterocycles. The molecule has 0 unspecified atom stereocenters. The van der Waals surface area contributed by atoms with E-state index in [0.717, 1.165) is 28.2 Å². The van der Waals surface area contributed by atoms with E-state index >= 15 is 0 Å². The molecule has 4 rings (SSSR count). The van der Waals surface area contributed by atoms with Crippen molar-refractivity contribution in [2.24, 2.45) is 0 Å². The fourth-order valence-electron chi connectivity index (χ4n) is 3.79. The van der Waals surface area contributed by atoms with E-state index in [1.165, 1.54) is 0 Å². The number of benzene rings is 3. The van der Waals surface area contributed by atoms with Gasteiger partial charge in [-0.1, -0.05) is 53.5 Å². The summed E-state index contributed by atoms with van der Waals surface area (Å²) in [5.74, 6) is 2.08. The zero-order valence-corrected chi connectivity index (χ0v) is 22.1. The summed E-state index contributed by atoms with van der Waals surface area (Å²) in [5.41, 5.74) is 3.46. The third kappa shape index (κ3) is 7.15. The highest BCUT2D eigenvalue weighted by atomic mass is 35.5. The average molecular weight is 536 g/mol. The summed E-state index contributed by atoms with van der Waals surface area (Å²) in [4.78, 5) is 17.6. The minimum Gasteiger partial charge on any atom is -0.497 e. The van der Waals surface area contributed by atoms with Gasteiger partial charge in [0.2, 0.25) is 5.91 Å². The Morgan fingerprint density at radius 3 is 2.49 bits per heavy atom. The Kier molecular flexibility index (Phi) is 8.88. The van der Waals surface area contributed by atoms with Crippen molar-refractivity contribution < 1.29 is 14.3 Å². The lowest BCUT2D eigenvalue weighted by atomic mass is 10.1. The van der Waals surface area contributed by atoms with Crippen LogP contribution in [0.3, 0.4) is 0 Å². The Hall–Kier alpha value is -3.74. The number of imidazole rings is 1. The molecule has 0 atom stereocenters. The molecule has 0 aliphatic carbocycles. The first kappa shape index (κ1) is 26.3. The first-order valence-corrected chi connectivity index (χ1v) is 12.4. The summed E-state index contributed by atoms with van der Waals surface area (Å²) in [6.07, 6.45) is 6.33. The number of ether oxygens (including phenoxy) is 2. The number of hydrogen-bond donors (Lipinski definition) is 1. The summed E-state index contributed by atoms with van der Waals surface area (Å²) < 4.78 is 12.3.